The molecule has 1 N–H and O–H groups in total. The van der Waals surface area contributed by atoms with E-state index in [1.807, 2.05) is 30.3 Å². The van der Waals surface area contributed by atoms with Gasteiger partial charge < -0.3 is 9.73 Å². The van der Waals surface area contributed by atoms with Crippen LogP contribution in [0.1, 0.15) is 30.7 Å². The molecule has 0 bridgehead atoms. The van der Waals surface area contributed by atoms with Crippen LogP contribution in [0.2, 0.25) is 0 Å². The number of amides is 1. The Morgan fingerprint density at radius 2 is 1.89 bits per heavy atom. The minimum absolute atomic E-state index is 0.0475. The fraction of sp³-hybridized carbons (Fsp3) is 0.250. The molecular weight excluding hydrogens is 364 g/mol. The van der Waals surface area contributed by atoms with E-state index in [0.29, 0.717) is 24.3 Å². The minimum atomic E-state index is -3.71. The first-order valence-corrected chi connectivity index (χ1v) is 10.2. The van der Waals surface area contributed by atoms with Crippen molar-refractivity contribution in [1.82, 2.24) is 4.31 Å². The third kappa shape index (κ3) is 3.13. The first-order chi connectivity index (χ1) is 12.9. The lowest BCUT2D eigenvalue weighted by Gasteiger charge is -2.24. The van der Waals surface area contributed by atoms with E-state index in [0.717, 1.165) is 16.5 Å². The molecule has 0 fully saturated rings. The summed E-state index contributed by atoms with van der Waals surface area (Å²) >= 11 is 0. The molecule has 0 radical (unpaired) electrons. The summed E-state index contributed by atoms with van der Waals surface area (Å²) in [4.78, 5) is 11.7. The standard InChI is InChI=1S/C20H20N2O4S/c1-13(19-12-15-5-3-4-6-18(15)26-19)22(2)27(24,25)16-8-9-17-14(11-16)7-10-20(23)21-17/h3-6,8-9,11-13H,7,10H2,1-2H3,(H,21,23). The van der Waals surface area contributed by atoms with Gasteiger partial charge in [-0.3, -0.25) is 4.79 Å². The van der Waals surface area contributed by atoms with Gasteiger partial charge in [-0.1, -0.05) is 18.2 Å². The zero-order valence-electron chi connectivity index (χ0n) is 15.1. The van der Waals surface area contributed by atoms with Gasteiger partial charge in [0.2, 0.25) is 15.9 Å². The number of hydrogen-bond donors (Lipinski definition) is 1. The second kappa shape index (κ2) is 6.51. The van der Waals surface area contributed by atoms with Crippen LogP contribution in [0, 0.1) is 0 Å². The molecule has 27 heavy (non-hydrogen) atoms. The Morgan fingerprint density at radius 3 is 2.67 bits per heavy atom. The van der Waals surface area contributed by atoms with Gasteiger partial charge in [0.1, 0.15) is 11.3 Å². The fourth-order valence-electron chi connectivity index (χ4n) is 3.28. The van der Waals surface area contributed by atoms with Crippen molar-refractivity contribution in [2.75, 3.05) is 12.4 Å². The molecule has 2 aromatic carbocycles. The van der Waals surface area contributed by atoms with E-state index in [2.05, 4.69) is 5.32 Å². The van der Waals surface area contributed by atoms with E-state index in [4.69, 9.17) is 4.42 Å². The molecule has 1 aliphatic rings. The van der Waals surface area contributed by atoms with Crippen molar-refractivity contribution in [2.24, 2.45) is 0 Å². The van der Waals surface area contributed by atoms with Gasteiger partial charge in [-0.2, -0.15) is 4.31 Å². The van der Waals surface area contributed by atoms with Crippen LogP contribution in [-0.4, -0.2) is 25.7 Å². The maximum Gasteiger partial charge on any atom is 0.243 e. The smallest absolute Gasteiger partial charge is 0.243 e. The number of nitrogens with one attached hydrogen (secondary N) is 1. The van der Waals surface area contributed by atoms with Crippen molar-refractivity contribution in [3.05, 3.63) is 59.9 Å². The van der Waals surface area contributed by atoms with Gasteiger partial charge >= 0.3 is 0 Å². The molecule has 1 aliphatic heterocycles. The Morgan fingerprint density at radius 1 is 1.11 bits per heavy atom. The van der Waals surface area contributed by atoms with E-state index >= 15 is 0 Å². The van der Waals surface area contributed by atoms with Crippen molar-refractivity contribution in [3.8, 4) is 0 Å². The summed E-state index contributed by atoms with van der Waals surface area (Å²) in [5.41, 5.74) is 2.24. The van der Waals surface area contributed by atoms with Gasteiger partial charge in [0.05, 0.1) is 10.9 Å². The Hall–Kier alpha value is -2.64. The molecule has 3 aromatic rings. The van der Waals surface area contributed by atoms with Crippen LogP contribution in [-0.2, 0) is 21.2 Å². The monoisotopic (exact) mass is 384 g/mol. The number of nitrogens with zero attached hydrogens (tertiary/aromatic N) is 1. The molecule has 0 aliphatic carbocycles. The summed E-state index contributed by atoms with van der Waals surface area (Å²) in [6.07, 6.45) is 0.898. The van der Waals surface area contributed by atoms with Gasteiger partial charge in [0, 0.05) is 24.5 Å². The topological polar surface area (TPSA) is 79.6 Å². The van der Waals surface area contributed by atoms with E-state index in [1.54, 1.807) is 26.1 Å². The highest BCUT2D eigenvalue weighted by Crippen LogP contribution is 2.32. The molecule has 1 atom stereocenters. The lowest BCUT2D eigenvalue weighted by atomic mass is 10.0. The lowest BCUT2D eigenvalue weighted by molar-refractivity contribution is -0.116. The number of furan rings is 1. The summed E-state index contributed by atoms with van der Waals surface area (Å²) in [7, 11) is -2.16. The highest BCUT2D eigenvalue weighted by molar-refractivity contribution is 7.89. The van der Waals surface area contributed by atoms with E-state index in [9.17, 15) is 13.2 Å². The van der Waals surface area contributed by atoms with Crippen molar-refractivity contribution < 1.29 is 17.6 Å². The molecule has 1 unspecified atom stereocenters. The van der Waals surface area contributed by atoms with Crippen LogP contribution in [0.4, 0.5) is 5.69 Å². The Kier molecular flexibility index (Phi) is 4.28. The molecule has 4 rings (SSSR count). The van der Waals surface area contributed by atoms with Gasteiger partial charge in [0.25, 0.3) is 0 Å². The minimum Gasteiger partial charge on any atom is -0.459 e. The maximum absolute atomic E-state index is 13.1. The predicted molar refractivity (Wildman–Crippen MR) is 103 cm³/mol. The predicted octanol–water partition coefficient (Wildman–Crippen LogP) is 3.70. The number of hydrogen-bond acceptors (Lipinski definition) is 4. The zero-order valence-corrected chi connectivity index (χ0v) is 15.9. The summed E-state index contributed by atoms with van der Waals surface area (Å²) in [6, 6.07) is 13.8. The molecule has 7 heteroatoms. The summed E-state index contributed by atoms with van der Waals surface area (Å²) in [5.74, 6) is 0.543. The van der Waals surface area contributed by atoms with E-state index in [1.165, 1.54) is 10.4 Å². The number of carbonyl (C=O) groups excluding carboxylic acids is 1. The molecule has 6 nitrogen and oxygen atoms in total. The molecule has 0 saturated carbocycles. The number of fused-ring (bicyclic) bond motifs is 2. The molecule has 0 spiro atoms. The second-order valence-corrected chi connectivity index (χ2v) is 8.75. The molecule has 1 amide bonds. The van der Waals surface area contributed by atoms with Crippen LogP contribution in [0.5, 0.6) is 0 Å². The summed E-state index contributed by atoms with van der Waals surface area (Å²) < 4.78 is 33.4. The summed E-state index contributed by atoms with van der Waals surface area (Å²) in [5, 5.41) is 3.71. The zero-order chi connectivity index (χ0) is 19.2. The molecular formula is C20H20N2O4S. The average Bonchev–Trinajstić information content (AvgIpc) is 3.10. The van der Waals surface area contributed by atoms with Crippen molar-refractivity contribution in [1.29, 1.82) is 0 Å². The van der Waals surface area contributed by atoms with Gasteiger partial charge in [-0.15, -0.1) is 0 Å². The SMILES string of the molecule is CC(c1cc2ccccc2o1)N(C)S(=O)(=O)c1ccc2c(c1)CCC(=O)N2. The number of para-hydroxylation sites is 1. The number of rotatable bonds is 4. The largest absolute Gasteiger partial charge is 0.459 e. The average molecular weight is 384 g/mol. The molecule has 0 saturated heterocycles. The van der Waals surface area contributed by atoms with Crippen LogP contribution >= 0.6 is 0 Å². The van der Waals surface area contributed by atoms with Crippen molar-refractivity contribution >= 4 is 32.6 Å². The second-order valence-electron chi connectivity index (χ2n) is 6.75. The van der Waals surface area contributed by atoms with E-state index < -0.39 is 16.1 Å². The normalized spacial score (nSPS) is 15.6. The quantitative estimate of drug-likeness (QED) is 0.744. The third-order valence-corrected chi connectivity index (χ3v) is 6.98. The fourth-order valence-corrected chi connectivity index (χ4v) is 4.67. The van der Waals surface area contributed by atoms with Crippen molar-refractivity contribution in [3.63, 3.8) is 0 Å². The summed E-state index contributed by atoms with van der Waals surface area (Å²) in [6.45, 7) is 1.80. The third-order valence-electron chi connectivity index (χ3n) is 5.05. The van der Waals surface area contributed by atoms with Crippen LogP contribution in [0.25, 0.3) is 11.0 Å². The van der Waals surface area contributed by atoms with Crippen LogP contribution in [0.3, 0.4) is 0 Å². The number of sulfonamides is 1. The Labute approximate surface area is 157 Å². The lowest BCUT2D eigenvalue weighted by Crippen LogP contribution is -2.30. The Balaban J connectivity index is 1.65. The number of anilines is 1. The highest BCUT2D eigenvalue weighted by Gasteiger charge is 2.29. The highest BCUT2D eigenvalue weighted by atomic mass is 32.2. The Bertz CT molecular complexity index is 1100. The van der Waals surface area contributed by atoms with Crippen molar-refractivity contribution in [2.45, 2.75) is 30.7 Å². The van der Waals surface area contributed by atoms with Crippen LogP contribution in [0.15, 0.2) is 57.8 Å². The maximum atomic E-state index is 13.1. The molecule has 140 valence electrons. The van der Waals surface area contributed by atoms with Gasteiger partial charge in [-0.25, -0.2) is 8.42 Å². The van der Waals surface area contributed by atoms with Gasteiger partial charge in [0.15, 0.2) is 0 Å². The first kappa shape index (κ1) is 17.8. The molecule has 2 heterocycles. The number of benzene rings is 2. The van der Waals surface area contributed by atoms with E-state index in [-0.39, 0.29) is 10.8 Å². The number of aryl methyl sites for hydroxylation is 1. The van der Waals surface area contributed by atoms with Crippen LogP contribution < -0.4 is 5.32 Å². The molecule has 1 aromatic heterocycles. The number of carbonyl (C=O) groups is 1. The van der Waals surface area contributed by atoms with Gasteiger partial charge in [-0.05, 0) is 49.2 Å². The first-order valence-electron chi connectivity index (χ1n) is 8.75.